The molecule has 2 aliphatic heterocycles. The molecule has 0 aliphatic carbocycles. The standard InChI is InChI=1S/C11H21NO2/c1-2-6-13-10-4-3-5-12(7-10)8-11-9-14-11/h10-11H,2-9H2,1H3. The van der Waals surface area contributed by atoms with Gasteiger partial charge >= 0.3 is 0 Å². The maximum Gasteiger partial charge on any atom is 0.0936 e. The van der Waals surface area contributed by atoms with Crippen LogP contribution in [0.15, 0.2) is 0 Å². The van der Waals surface area contributed by atoms with E-state index in [0.717, 1.165) is 32.7 Å². The van der Waals surface area contributed by atoms with Gasteiger partial charge in [-0.05, 0) is 25.8 Å². The van der Waals surface area contributed by atoms with Crippen LogP contribution in [0.3, 0.4) is 0 Å². The van der Waals surface area contributed by atoms with Crippen molar-refractivity contribution in [2.24, 2.45) is 0 Å². The maximum atomic E-state index is 5.78. The van der Waals surface area contributed by atoms with Crippen LogP contribution in [0.5, 0.6) is 0 Å². The van der Waals surface area contributed by atoms with E-state index in [1.165, 1.54) is 19.4 Å². The van der Waals surface area contributed by atoms with E-state index in [4.69, 9.17) is 9.47 Å². The third-order valence-corrected chi connectivity index (χ3v) is 2.88. The minimum Gasteiger partial charge on any atom is -0.377 e. The van der Waals surface area contributed by atoms with E-state index < -0.39 is 0 Å². The average molecular weight is 199 g/mol. The van der Waals surface area contributed by atoms with Crippen molar-refractivity contribution in [2.45, 2.75) is 38.4 Å². The molecule has 0 radical (unpaired) electrons. The highest BCUT2D eigenvalue weighted by Crippen LogP contribution is 2.17. The van der Waals surface area contributed by atoms with Crippen LogP contribution in [0.25, 0.3) is 0 Å². The Morgan fingerprint density at radius 2 is 2.36 bits per heavy atom. The second-order valence-corrected chi connectivity index (χ2v) is 4.35. The van der Waals surface area contributed by atoms with Crippen molar-refractivity contribution < 1.29 is 9.47 Å². The van der Waals surface area contributed by atoms with Crippen molar-refractivity contribution in [1.29, 1.82) is 0 Å². The fourth-order valence-corrected chi connectivity index (χ4v) is 2.06. The van der Waals surface area contributed by atoms with E-state index in [-0.39, 0.29) is 0 Å². The number of hydrogen-bond donors (Lipinski definition) is 0. The lowest BCUT2D eigenvalue weighted by molar-refractivity contribution is -0.00142. The highest BCUT2D eigenvalue weighted by atomic mass is 16.6. The molecule has 2 unspecified atom stereocenters. The highest BCUT2D eigenvalue weighted by molar-refractivity contribution is 4.79. The minimum atomic E-state index is 0.474. The Labute approximate surface area is 86.4 Å². The molecule has 14 heavy (non-hydrogen) atoms. The normalized spacial score (nSPS) is 33.2. The highest BCUT2D eigenvalue weighted by Gasteiger charge is 2.28. The summed E-state index contributed by atoms with van der Waals surface area (Å²) >= 11 is 0. The number of nitrogens with zero attached hydrogens (tertiary/aromatic N) is 1. The minimum absolute atomic E-state index is 0.474. The first-order chi connectivity index (χ1) is 6.88. The summed E-state index contributed by atoms with van der Waals surface area (Å²) in [5, 5.41) is 0. The van der Waals surface area contributed by atoms with E-state index >= 15 is 0 Å². The molecule has 2 saturated heterocycles. The summed E-state index contributed by atoms with van der Waals surface area (Å²) < 4.78 is 11.0. The van der Waals surface area contributed by atoms with Crippen LogP contribution in [-0.2, 0) is 9.47 Å². The Balaban J connectivity index is 1.66. The summed E-state index contributed by atoms with van der Waals surface area (Å²) in [6, 6.07) is 0. The largest absolute Gasteiger partial charge is 0.377 e. The molecule has 0 N–H and O–H groups in total. The molecule has 2 atom stereocenters. The van der Waals surface area contributed by atoms with Crippen molar-refractivity contribution in [3.8, 4) is 0 Å². The van der Waals surface area contributed by atoms with Crippen molar-refractivity contribution >= 4 is 0 Å². The summed E-state index contributed by atoms with van der Waals surface area (Å²) in [7, 11) is 0. The van der Waals surface area contributed by atoms with Gasteiger partial charge in [-0.15, -0.1) is 0 Å². The molecule has 0 bridgehead atoms. The lowest BCUT2D eigenvalue weighted by Gasteiger charge is -2.32. The van der Waals surface area contributed by atoms with Crippen LogP contribution in [0, 0.1) is 0 Å². The Morgan fingerprint density at radius 1 is 1.50 bits per heavy atom. The molecule has 2 fully saturated rings. The third-order valence-electron chi connectivity index (χ3n) is 2.88. The molecule has 0 aromatic rings. The molecule has 3 heteroatoms. The van der Waals surface area contributed by atoms with Gasteiger partial charge in [0.15, 0.2) is 0 Å². The number of piperidine rings is 1. The average Bonchev–Trinajstić information content (AvgIpc) is 2.99. The molecular weight excluding hydrogens is 178 g/mol. The topological polar surface area (TPSA) is 25.0 Å². The van der Waals surface area contributed by atoms with Crippen molar-refractivity contribution in [1.82, 2.24) is 4.90 Å². The molecule has 0 spiro atoms. The van der Waals surface area contributed by atoms with Gasteiger partial charge in [-0.25, -0.2) is 0 Å². The van der Waals surface area contributed by atoms with Crippen molar-refractivity contribution in [3.05, 3.63) is 0 Å². The van der Waals surface area contributed by atoms with E-state index in [9.17, 15) is 0 Å². The second kappa shape index (κ2) is 5.10. The van der Waals surface area contributed by atoms with E-state index in [1.807, 2.05) is 0 Å². The Morgan fingerprint density at radius 3 is 3.07 bits per heavy atom. The molecule has 0 aromatic heterocycles. The first-order valence-electron chi connectivity index (χ1n) is 5.84. The molecular formula is C11H21NO2. The van der Waals surface area contributed by atoms with Gasteiger partial charge in [-0.2, -0.15) is 0 Å². The van der Waals surface area contributed by atoms with Crippen LogP contribution in [0.2, 0.25) is 0 Å². The Kier molecular flexibility index (Phi) is 3.79. The predicted molar refractivity (Wildman–Crippen MR) is 55.4 cm³/mol. The summed E-state index contributed by atoms with van der Waals surface area (Å²) in [5.41, 5.74) is 0. The van der Waals surface area contributed by atoms with E-state index in [1.54, 1.807) is 0 Å². The van der Waals surface area contributed by atoms with Crippen molar-refractivity contribution in [3.63, 3.8) is 0 Å². The lowest BCUT2D eigenvalue weighted by Crippen LogP contribution is -2.41. The fraction of sp³-hybridized carbons (Fsp3) is 1.00. The second-order valence-electron chi connectivity index (χ2n) is 4.35. The number of rotatable bonds is 5. The van der Waals surface area contributed by atoms with Gasteiger partial charge in [0.1, 0.15) is 0 Å². The Hall–Kier alpha value is -0.120. The van der Waals surface area contributed by atoms with Gasteiger partial charge in [0, 0.05) is 19.7 Å². The lowest BCUT2D eigenvalue weighted by atomic mass is 10.1. The van der Waals surface area contributed by atoms with E-state index in [2.05, 4.69) is 11.8 Å². The molecule has 2 heterocycles. The van der Waals surface area contributed by atoms with Gasteiger partial charge in [0.25, 0.3) is 0 Å². The van der Waals surface area contributed by atoms with Gasteiger partial charge in [0.2, 0.25) is 0 Å². The van der Waals surface area contributed by atoms with Crippen LogP contribution >= 0.6 is 0 Å². The molecule has 82 valence electrons. The maximum absolute atomic E-state index is 5.78. The van der Waals surface area contributed by atoms with Crippen LogP contribution < -0.4 is 0 Å². The quantitative estimate of drug-likeness (QED) is 0.623. The zero-order valence-corrected chi connectivity index (χ0v) is 9.08. The molecule has 2 rings (SSSR count). The van der Waals surface area contributed by atoms with Gasteiger partial charge in [-0.3, -0.25) is 4.90 Å². The number of likely N-dealkylation sites (tertiary alicyclic amines) is 1. The fourth-order valence-electron chi connectivity index (χ4n) is 2.06. The van der Waals surface area contributed by atoms with Crippen molar-refractivity contribution in [2.75, 3.05) is 32.8 Å². The monoisotopic (exact) mass is 199 g/mol. The van der Waals surface area contributed by atoms with Gasteiger partial charge in [0.05, 0.1) is 18.8 Å². The molecule has 0 aromatic carbocycles. The molecule has 2 aliphatic rings. The van der Waals surface area contributed by atoms with Gasteiger partial charge < -0.3 is 9.47 Å². The summed E-state index contributed by atoms with van der Waals surface area (Å²) in [5.74, 6) is 0. The van der Waals surface area contributed by atoms with Crippen LogP contribution in [0.1, 0.15) is 26.2 Å². The first-order valence-corrected chi connectivity index (χ1v) is 5.84. The summed E-state index contributed by atoms with van der Waals surface area (Å²) in [6.45, 7) is 7.51. The number of epoxide rings is 1. The van der Waals surface area contributed by atoms with Crippen LogP contribution in [-0.4, -0.2) is 50.0 Å². The number of hydrogen-bond acceptors (Lipinski definition) is 3. The summed E-state index contributed by atoms with van der Waals surface area (Å²) in [4.78, 5) is 2.49. The molecule has 0 saturated carbocycles. The SMILES string of the molecule is CCCOC1CCCN(CC2CO2)C1. The van der Waals surface area contributed by atoms with Crippen LogP contribution in [0.4, 0.5) is 0 Å². The predicted octanol–water partition coefficient (Wildman–Crippen LogP) is 1.28. The Bertz CT molecular complexity index is 171. The summed E-state index contributed by atoms with van der Waals surface area (Å²) in [6.07, 6.45) is 4.65. The van der Waals surface area contributed by atoms with E-state index in [0.29, 0.717) is 12.2 Å². The zero-order valence-electron chi connectivity index (χ0n) is 9.08. The zero-order chi connectivity index (χ0) is 9.80. The van der Waals surface area contributed by atoms with Gasteiger partial charge in [-0.1, -0.05) is 6.92 Å². The first kappa shape index (κ1) is 10.4. The molecule has 3 nitrogen and oxygen atoms in total. The smallest absolute Gasteiger partial charge is 0.0936 e. The third kappa shape index (κ3) is 3.23. The molecule has 0 amide bonds. The number of ether oxygens (including phenoxy) is 2.